The van der Waals surface area contributed by atoms with Gasteiger partial charge in [0.1, 0.15) is 0 Å². The Morgan fingerprint density at radius 1 is 0.875 bits per heavy atom. The zero-order valence-electron chi connectivity index (χ0n) is 18.2. The summed E-state index contributed by atoms with van der Waals surface area (Å²) in [4.78, 5) is 20.2. The highest BCUT2D eigenvalue weighted by Crippen LogP contribution is 2.36. The maximum absolute atomic E-state index is 6.07. The van der Waals surface area contributed by atoms with E-state index in [9.17, 15) is 0 Å². The number of rotatable bonds is 7. The first-order valence-electron chi connectivity index (χ1n) is 11.0. The van der Waals surface area contributed by atoms with Crippen molar-refractivity contribution >= 4 is 58.1 Å². The topological polar surface area (TPSA) is 72.5 Å². The van der Waals surface area contributed by atoms with E-state index in [2.05, 4.69) is 59.5 Å². The molecule has 0 radical (unpaired) electrons. The molecule has 4 rings (SSSR count). The summed E-state index contributed by atoms with van der Waals surface area (Å²) in [6, 6.07) is 8.21. The lowest BCUT2D eigenvalue weighted by Crippen LogP contribution is -2.44. The zero-order valence-corrected chi connectivity index (χ0v) is 20.5. The minimum Gasteiger partial charge on any atom is -0.369 e. The van der Waals surface area contributed by atoms with Crippen LogP contribution in [0.15, 0.2) is 24.3 Å². The number of hydrogen-bond donors (Lipinski definition) is 2. The Kier molecular flexibility index (Phi) is 7.78. The van der Waals surface area contributed by atoms with E-state index in [0.29, 0.717) is 18.4 Å². The zero-order chi connectivity index (χ0) is 22.6. The molecule has 1 aromatic carbocycles. The van der Waals surface area contributed by atoms with E-state index in [1.54, 1.807) is 0 Å². The largest absolute Gasteiger partial charge is 0.369 e. The van der Waals surface area contributed by atoms with Gasteiger partial charge in [-0.3, -0.25) is 0 Å². The van der Waals surface area contributed by atoms with Gasteiger partial charge < -0.3 is 25.3 Å². The van der Waals surface area contributed by atoms with Crippen molar-refractivity contribution in [2.24, 2.45) is 0 Å². The van der Waals surface area contributed by atoms with Crippen molar-refractivity contribution in [3.8, 4) is 0 Å². The van der Waals surface area contributed by atoms with E-state index < -0.39 is 3.79 Å². The maximum Gasteiger partial charge on any atom is 0.250 e. The fourth-order valence-corrected chi connectivity index (χ4v) is 4.17. The predicted molar refractivity (Wildman–Crippen MR) is 133 cm³/mol. The maximum atomic E-state index is 6.07. The Balaban J connectivity index is 1.43. The Hall–Kier alpha value is -1.58. The van der Waals surface area contributed by atoms with Gasteiger partial charge in [0, 0.05) is 50.6 Å². The van der Waals surface area contributed by atoms with Crippen LogP contribution in [0.25, 0.3) is 0 Å². The monoisotopic (exact) mass is 498 g/mol. The minimum absolute atomic E-state index is 0.0812. The Morgan fingerprint density at radius 3 is 2.19 bits per heavy atom. The van der Waals surface area contributed by atoms with Crippen molar-refractivity contribution in [1.82, 2.24) is 24.8 Å². The fourth-order valence-electron chi connectivity index (χ4n) is 3.92. The van der Waals surface area contributed by atoms with Gasteiger partial charge in [0.2, 0.25) is 15.7 Å². The van der Waals surface area contributed by atoms with Crippen molar-refractivity contribution in [3.63, 3.8) is 0 Å². The molecular formula is C21H29Cl3N8. The molecule has 0 saturated carbocycles. The van der Waals surface area contributed by atoms with Crippen molar-refractivity contribution in [1.29, 1.82) is 0 Å². The summed E-state index contributed by atoms with van der Waals surface area (Å²) < 4.78 is -1.74. The van der Waals surface area contributed by atoms with Gasteiger partial charge in [-0.25, -0.2) is 0 Å². The second kappa shape index (κ2) is 10.6. The molecule has 2 aromatic rings. The van der Waals surface area contributed by atoms with Crippen LogP contribution in [0.4, 0.5) is 23.3 Å². The number of anilines is 4. The first kappa shape index (κ1) is 23.6. The summed E-state index contributed by atoms with van der Waals surface area (Å²) in [5.74, 6) is 0.798. The highest BCUT2D eigenvalue weighted by Gasteiger charge is 2.28. The van der Waals surface area contributed by atoms with Gasteiger partial charge in [0.15, 0.2) is 5.82 Å². The molecule has 1 aromatic heterocycles. The summed E-state index contributed by atoms with van der Waals surface area (Å²) >= 11 is 18.2. The van der Waals surface area contributed by atoms with Gasteiger partial charge in [-0.1, -0.05) is 34.8 Å². The van der Waals surface area contributed by atoms with Crippen molar-refractivity contribution < 1.29 is 0 Å². The Labute approximate surface area is 204 Å². The van der Waals surface area contributed by atoms with Crippen LogP contribution in [-0.2, 0) is 3.79 Å². The summed E-state index contributed by atoms with van der Waals surface area (Å²) in [6.07, 6.45) is 2.51. The van der Waals surface area contributed by atoms with E-state index in [4.69, 9.17) is 34.8 Å². The summed E-state index contributed by atoms with van der Waals surface area (Å²) in [6.45, 7) is 8.08. The molecule has 2 aliphatic heterocycles. The number of nitrogens with zero attached hydrogens (tertiary/aromatic N) is 6. The first-order chi connectivity index (χ1) is 15.4. The standard InChI is InChI=1S/C21H29Cl3N8/c1-30-12-14-32(15-13-30)17-6-4-16(5-7-17)26-20-28-18(21(22,23)24)27-19(29-20)25-8-11-31-9-2-3-10-31/h4-7H,2-3,8-15H2,1H3,(H2,25,26,27,28,29). The van der Waals surface area contributed by atoms with Gasteiger partial charge in [-0.05, 0) is 57.2 Å². The van der Waals surface area contributed by atoms with Gasteiger partial charge in [-0.2, -0.15) is 15.0 Å². The third-order valence-electron chi connectivity index (χ3n) is 5.79. The van der Waals surface area contributed by atoms with E-state index in [0.717, 1.165) is 51.5 Å². The molecule has 11 heteroatoms. The molecule has 3 heterocycles. The highest BCUT2D eigenvalue weighted by molar-refractivity contribution is 6.66. The molecule has 0 spiro atoms. The third-order valence-corrected chi connectivity index (χ3v) is 6.30. The SMILES string of the molecule is CN1CCN(c2ccc(Nc3nc(NCCN4CCCC4)nc(C(Cl)(Cl)Cl)n3)cc2)CC1. The highest BCUT2D eigenvalue weighted by atomic mass is 35.6. The second-order valence-corrected chi connectivity index (χ2v) is 10.5. The van der Waals surface area contributed by atoms with Gasteiger partial charge in [-0.15, -0.1) is 0 Å². The van der Waals surface area contributed by atoms with Crippen LogP contribution in [0.2, 0.25) is 0 Å². The number of likely N-dealkylation sites (tertiary alicyclic amines) is 1. The van der Waals surface area contributed by atoms with E-state index in [-0.39, 0.29) is 5.82 Å². The second-order valence-electron chi connectivity index (χ2n) is 8.24. The Morgan fingerprint density at radius 2 is 1.53 bits per heavy atom. The first-order valence-corrected chi connectivity index (χ1v) is 12.1. The van der Waals surface area contributed by atoms with Crippen LogP contribution >= 0.6 is 34.8 Å². The third kappa shape index (κ3) is 6.48. The van der Waals surface area contributed by atoms with Crippen LogP contribution in [0.5, 0.6) is 0 Å². The van der Waals surface area contributed by atoms with E-state index >= 15 is 0 Å². The molecule has 2 saturated heterocycles. The van der Waals surface area contributed by atoms with E-state index in [1.807, 2.05) is 12.1 Å². The quantitative estimate of drug-likeness (QED) is 0.559. The molecule has 0 bridgehead atoms. The number of nitrogens with one attached hydrogen (secondary N) is 2. The van der Waals surface area contributed by atoms with Crippen LogP contribution in [0.1, 0.15) is 18.7 Å². The smallest absolute Gasteiger partial charge is 0.250 e. The van der Waals surface area contributed by atoms with Crippen LogP contribution in [0, 0.1) is 0 Å². The molecule has 0 unspecified atom stereocenters. The average molecular weight is 500 g/mol. The van der Waals surface area contributed by atoms with Crippen molar-refractivity contribution in [2.75, 3.05) is 74.9 Å². The molecule has 2 aliphatic rings. The fraction of sp³-hybridized carbons (Fsp3) is 0.571. The molecule has 2 N–H and O–H groups in total. The molecule has 0 aliphatic carbocycles. The average Bonchev–Trinajstić information content (AvgIpc) is 3.28. The number of hydrogen-bond acceptors (Lipinski definition) is 8. The van der Waals surface area contributed by atoms with Gasteiger partial charge in [0.05, 0.1) is 0 Å². The predicted octanol–water partition coefficient (Wildman–Crippen LogP) is 3.70. The van der Waals surface area contributed by atoms with Gasteiger partial charge in [0.25, 0.3) is 0 Å². The lowest BCUT2D eigenvalue weighted by Gasteiger charge is -2.34. The van der Waals surface area contributed by atoms with Crippen LogP contribution in [-0.4, -0.2) is 84.2 Å². The van der Waals surface area contributed by atoms with Crippen molar-refractivity contribution in [2.45, 2.75) is 16.6 Å². The normalized spacial score (nSPS) is 18.2. The van der Waals surface area contributed by atoms with Crippen LogP contribution in [0.3, 0.4) is 0 Å². The molecule has 8 nitrogen and oxygen atoms in total. The summed E-state index contributed by atoms with van der Waals surface area (Å²) in [5.41, 5.74) is 2.05. The number of likely N-dealkylation sites (N-methyl/N-ethyl adjacent to an activating group) is 1. The number of aromatic nitrogens is 3. The lowest BCUT2D eigenvalue weighted by atomic mass is 10.2. The Bertz CT molecular complexity index is 876. The molecule has 174 valence electrons. The van der Waals surface area contributed by atoms with Crippen molar-refractivity contribution in [3.05, 3.63) is 30.1 Å². The molecule has 0 amide bonds. The number of halogens is 3. The molecule has 0 atom stereocenters. The molecule has 2 fully saturated rings. The van der Waals surface area contributed by atoms with Crippen LogP contribution < -0.4 is 15.5 Å². The molecule has 32 heavy (non-hydrogen) atoms. The number of benzene rings is 1. The van der Waals surface area contributed by atoms with E-state index in [1.165, 1.54) is 18.5 Å². The minimum atomic E-state index is -1.74. The molecular weight excluding hydrogens is 471 g/mol. The summed E-state index contributed by atoms with van der Waals surface area (Å²) in [5, 5.41) is 6.45. The lowest BCUT2D eigenvalue weighted by molar-refractivity contribution is 0.313. The van der Waals surface area contributed by atoms with Gasteiger partial charge >= 0.3 is 0 Å². The number of alkyl halides is 3. The summed E-state index contributed by atoms with van der Waals surface area (Å²) in [7, 11) is 2.15. The number of piperazine rings is 1.